The topological polar surface area (TPSA) is 130 Å². The van der Waals surface area contributed by atoms with Crippen molar-refractivity contribution in [1.82, 2.24) is 10.2 Å². The number of carbonyl (C=O) groups excluding carboxylic acids is 2. The highest BCUT2D eigenvalue weighted by molar-refractivity contribution is 7.92. The Hall–Kier alpha value is -3.18. The zero-order valence-corrected chi connectivity index (χ0v) is 21.5. The molecule has 0 bridgehead atoms. The zero-order chi connectivity index (χ0) is 26.3. The number of amides is 2. The van der Waals surface area contributed by atoms with Crippen LogP contribution in [0.25, 0.3) is 0 Å². The van der Waals surface area contributed by atoms with Crippen molar-refractivity contribution in [2.75, 3.05) is 17.1 Å². The molecular weight excluding hydrogens is 496 g/mol. The van der Waals surface area contributed by atoms with Crippen LogP contribution in [0.5, 0.6) is 0 Å². The molecule has 0 radical (unpaired) electrons. The minimum atomic E-state index is -4.00. The molecule has 2 aromatic rings. The molecule has 1 N–H and O–H groups in total. The number of halogens is 1. The van der Waals surface area contributed by atoms with Gasteiger partial charge in [-0.1, -0.05) is 36.7 Å². The van der Waals surface area contributed by atoms with Crippen LogP contribution >= 0.6 is 11.6 Å². The highest BCUT2D eigenvalue weighted by Gasteiger charge is 2.31. The predicted molar refractivity (Wildman–Crippen MR) is 135 cm³/mol. The van der Waals surface area contributed by atoms with Gasteiger partial charge in [-0.15, -0.1) is 0 Å². The van der Waals surface area contributed by atoms with Gasteiger partial charge in [0, 0.05) is 29.7 Å². The van der Waals surface area contributed by atoms with Crippen LogP contribution in [-0.4, -0.2) is 54.9 Å². The lowest BCUT2D eigenvalue weighted by Gasteiger charge is -2.32. The second-order valence-electron chi connectivity index (χ2n) is 8.19. The van der Waals surface area contributed by atoms with E-state index in [0.717, 1.165) is 16.6 Å². The van der Waals surface area contributed by atoms with Gasteiger partial charge in [0.1, 0.15) is 12.6 Å². The number of hydrogen-bond donors (Lipinski definition) is 1. The number of anilines is 1. The highest BCUT2D eigenvalue weighted by Crippen LogP contribution is 2.24. The number of nitro benzene ring substituents is 1. The van der Waals surface area contributed by atoms with Crippen LogP contribution in [0.15, 0.2) is 48.5 Å². The molecule has 0 fully saturated rings. The number of nitrogens with zero attached hydrogens (tertiary/aromatic N) is 3. The van der Waals surface area contributed by atoms with E-state index in [2.05, 4.69) is 5.32 Å². The summed E-state index contributed by atoms with van der Waals surface area (Å²) in [5.74, 6) is -1.05. The van der Waals surface area contributed by atoms with E-state index in [1.807, 2.05) is 13.8 Å². The Bertz CT molecular complexity index is 1190. The first-order valence-electron chi connectivity index (χ1n) is 10.9. The number of nitrogens with one attached hydrogen (secondary N) is 1. The van der Waals surface area contributed by atoms with Gasteiger partial charge < -0.3 is 10.2 Å². The summed E-state index contributed by atoms with van der Waals surface area (Å²) in [6.45, 7) is 4.65. The Morgan fingerprint density at radius 2 is 1.80 bits per heavy atom. The van der Waals surface area contributed by atoms with Crippen molar-refractivity contribution in [2.24, 2.45) is 0 Å². The van der Waals surface area contributed by atoms with E-state index in [0.29, 0.717) is 17.0 Å². The van der Waals surface area contributed by atoms with Crippen molar-refractivity contribution in [2.45, 2.75) is 45.8 Å². The lowest BCUT2D eigenvalue weighted by Crippen LogP contribution is -2.52. The van der Waals surface area contributed by atoms with E-state index in [1.165, 1.54) is 23.1 Å². The van der Waals surface area contributed by atoms with Gasteiger partial charge in [-0.05, 0) is 44.0 Å². The number of rotatable bonds is 11. The molecule has 0 saturated heterocycles. The summed E-state index contributed by atoms with van der Waals surface area (Å²) in [6, 6.07) is 10.7. The number of sulfonamides is 1. The normalized spacial score (nSPS) is 12.9. The third-order valence-corrected chi connectivity index (χ3v) is 6.79. The van der Waals surface area contributed by atoms with Crippen LogP contribution in [0.2, 0.25) is 5.02 Å². The minimum Gasteiger partial charge on any atom is -0.352 e. The van der Waals surface area contributed by atoms with Crippen LogP contribution < -0.4 is 9.62 Å². The van der Waals surface area contributed by atoms with Crippen LogP contribution in [0, 0.1) is 10.1 Å². The minimum absolute atomic E-state index is 0.00102. The van der Waals surface area contributed by atoms with E-state index in [9.17, 15) is 28.1 Å². The Morgan fingerprint density at radius 1 is 1.14 bits per heavy atom. The Balaban J connectivity index is 2.43. The lowest BCUT2D eigenvalue weighted by molar-refractivity contribution is -0.384. The summed E-state index contributed by atoms with van der Waals surface area (Å²) in [5, 5.41) is 14.4. The smallest absolute Gasteiger partial charge is 0.271 e. The fraction of sp³-hybridized carbons (Fsp3) is 0.391. The number of carbonyl (C=O) groups is 2. The summed E-state index contributed by atoms with van der Waals surface area (Å²) in [5.41, 5.74) is 0.297. The van der Waals surface area contributed by atoms with Crippen molar-refractivity contribution in [3.63, 3.8) is 0 Å². The molecule has 0 aliphatic carbocycles. The Labute approximate surface area is 210 Å². The molecule has 0 saturated carbocycles. The van der Waals surface area contributed by atoms with Crippen molar-refractivity contribution in [3.05, 3.63) is 69.2 Å². The van der Waals surface area contributed by atoms with E-state index >= 15 is 0 Å². The highest BCUT2D eigenvalue weighted by atomic mass is 35.5. The average molecular weight is 525 g/mol. The molecular formula is C23H29ClN4O6S. The van der Waals surface area contributed by atoms with Crippen molar-refractivity contribution >= 4 is 44.8 Å². The molecule has 10 nitrogen and oxygen atoms in total. The van der Waals surface area contributed by atoms with Crippen LogP contribution in [0.3, 0.4) is 0 Å². The summed E-state index contributed by atoms with van der Waals surface area (Å²) < 4.78 is 25.9. The van der Waals surface area contributed by atoms with Gasteiger partial charge in [0.15, 0.2) is 0 Å². The van der Waals surface area contributed by atoms with Gasteiger partial charge in [0.2, 0.25) is 21.8 Å². The summed E-state index contributed by atoms with van der Waals surface area (Å²) in [7, 11) is -4.00. The molecule has 2 rings (SSSR count). The molecule has 190 valence electrons. The van der Waals surface area contributed by atoms with Crippen molar-refractivity contribution in [3.8, 4) is 0 Å². The van der Waals surface area contributed by atoms with E-state index in [-0.39, 0.29) is 24.0 Å². The predicted octanol–water partition coefficient (Wildman–Crippen LogP) is 3.35. The monoisotopic (exact) mass is 524 g/mol. The van der Waals surface area contributed by atoms with E-state index < -0.39 is 39.3 Å². The molecule has 0 aromatic heterocycles. The number of benzene rings is 2. The average Bonchev–Trinajstić information content (AvgIpc) is 2.79. The van der Waals surface area contributed by atoms with E-state index in [1.54, 1.807) is 31.2 Å². The molecule has 0 unspecified atom stereocenters. The standard InChI is InChI=1S/C23H29ClN4O6S/c1-5-16(2)25-23(30)17(3)26(14-18-8-6-9-19(24)12-18)22(29)15-27(35(4,33)34)20-10-7-11-21(13-20)28(31)32/h6-13,16-17H,5,14-15H2,1-4H3,(H,25,30)/t16-,17+/m1/s1. The molecule has 35 heavy (non-hydrogen) atoms. The summed E-state index contributed by atoms with van der Waals surface area (Å²) in [6.07, 6.45) is 1.59. The largest absolute Gasteiger partial charge is 0.352 e. The van der Waals surface area contributed by atoms with Crippen molar-refractivity contribution in [1.29, 1.82) is 0 Å². The number of hydrogen-bond acceptors (Lipinski definition) is 6. The third-order valence-electron chi connectivity index (χ3n) is 5.42. The summed E-state index contributed by atoms with van der Waals surface area (Å²) >= 11 is 6.08. The van der Waals surface area contributed by atoms with Gasteiger partial charge in [-0.2, -0.15) is 0 Å². The third kappa shape index (κ3) is 7.93. The van der Waals surface area contributed by atoms with Crippen LogP contribution in [0.4, 0.5) is 11.4 Å². The molecule has 2 amide bonds. The zero-order valence-electron chi connectivity index (χ0n) is 20.0. The van der Waals surface area contributed by atoms with Gasteiger partial charge in [0.05, 0.1) is 16.9 Å². The maximum atomic E-state index is 13.5. The molecule has 12 heteroatoms. The fourth-order valence-electron chi connectivity index (χ4n) is 3.26. The first-order valence-corrected chi connectivity index (χ1v) is 13.1. The fourth-order valence-corrected chi connectivity index (χ4v) is 4.31. The maximum absolute atomic E-state index is 13.5. The lowest BCUT2D eigenvalue weighted by atomic mass is 10.1. The molecule has 2 atom stereocenters. The second-order valence-corrected chi connectivity index (χ2v) is 10.5. The Morgan fingerprint density at radius 3 is 2.37 bits per heavy atom. The molecule has 2 aromatic carbocycles. The SMILES string of the molecule is CC[C@@H](C)NC(=O)[C@H](C)N(Cc1cccc(Cl)c1)C(=O)CN(c1cccc([N+](=O)[O-])c1)S(C)(=O)=O. The quantitative estimate of drug-likeness (QED) is 0.354. The molecule has 0 aliphatic rings. The van der Waals surface area contributed by atoms with Gasteiger partial charge in [-0.25, -0.2) is 8.42 Å². The maximum Gasteiger partial charge on any atom is 0.271 e. The number of non-ortho nitro benzene ring substituents is 1. The first kappa shape index (κ1) is 28.1. The number of nitro groups is 1. The second kappa shape index (κ2) is 12.0. The molecule has 0 aliphatic heterocycles. The summed E-state index contributed by atoms with van der Waals surface area (Å²) in [4.78, 5) is 38.1. The molecule has 0 spiro atoms. The van der Waals surface area contributed by atoms with Gasteiger partial charge >= 0.3 is 0 Å². The van der Waals surface area contributed by atoms with Crippen LogP contribution in [0.1, 0.15) is 32.8 Å². The van der Waals surface area contributed by atoms with Gasteiger partial charge in [-0.3, -0.25) is 24.0 Å². The van der Waals surface area contributed by atoms with Gasteiger partial charge in [0.25, 0.3) is 5.69 Å². The van der Waals surface area contributed by atoms with Crippen LogP contribution in [-0.2, 0) is 26.2 Å². The van der Waals surface area contributed by atoms with E-state index in [4.69, 9.17) is 11.6 Å². The Kier molecular flexibility index (Phi) is 9.61. The molecule has 0 heterocycles. The van der Waals surface area contributed by atoms with Crippen molar-refractivity contribution < 1.29 is 22.9 Å². The first-order chi connectivity index (χ1) is 16.3.